The number of hydrogen-bond acceptors (Lipinski definition) is 3. The van der Waals surface area contributed by atoms with Crippen LogP contribution in [0.5, 0.6) is 5.75 Å². The average Bonchev–Trinajstić information content (AvgIpc) is 3.10. The van der Waals surface area contributed by atoms with E-state index in [1.165, 1.54) is 25.1 Å². The monoisotopic (exact) mass is 314 g/mol. The number of benzene rings is 1. The second kappa shape index (κ2) is 6.04. The van der Waals surface area contributed by atoms with Crippen LogP contribution in [-0.4, -0.2) is 7.11 Å². The summed E-state index contributed by atoms with van der Waals surface area (Å²) in [4.78, 5) is 5.52. The third-order valence-electron chi connectivity index (χ3n) is 3.54. The molecular weight excluding hydrogens is 296 g/mol. The molecule has 0 aliphatic rings. The highest BCUT2D eigenvalue weighted by Crippen LogP contribution is 2.39. The van der Waals surface area contributed by atoms with E-state index >= 15 is 0 Å². The van der Waals surface area contributed by atoms with Crippen molar-refractivity contribution < 1.29 is 4.74 Å². The second-order valence-corrected chi connectivity index (χ2v) is 7.74. The molecule has 0 aliphatic heterocycles. The molecule has 0 fully saturated rings. The summed E-state index contributed by atoms with van der Waals surface area (Å²) in [5.74, 6) is 1.23. The number of hydrogen-bond donors (Lipinski definition) is 0. The van der Waals surface area contributed by atoms with E-state index in [1.54, 1.807) is 7.11 Å². The zero-order chi connectivity index (χ0) is 14.8. The first-order valence-corrected chi connectivity index (χ1v) is 8.57. The Hall–Kier alpha value is -1.58. The molecule has 0 radical (unpaired) electrons. The van der Waals surface area contributed by atoms with Crippen molar-refractivity contribution in [2.75, 3.05) is 7.11 Å². The van der Waals surface area contributed by atoms with Crippen LogP contribution in [0.4, 0.5) is 0 Å². The maximum atomic E-state index is 5.27. The van der Waals surface area contributed by atoms with E-state index in [4.69, 9.17) is 4.74 Å². The topological polar surface area (TPSA) is 9.23 Å². The molecule has 3 heteroatoms. The molecule has 21 heavy (non-hydrogen) atoms. The summed E-state index contributed by atoms with van der Waals surface area (Å²) in [7, 11) is 1.71. The molecule has 0 atom stereocenters. The first kappa shape index (κ1) is 14.4. The van der Waals surface area contributed by atoms with E-state index in [-0.39, 0.29) is 0 Å². The van der Waals surface area contributed by atoms with Crippen molar-refractivity contribution in [1.82, 2.24) is 0 Å². The van der Waals surface area contributed by atoms with Gasteiger partial charge in [0.2, 0.25) is 0 Å². The molecule has 108 valence electrons. The molecule has 1 aromatic carbocycles. The lowest BCUT2D eigenvalue weighted by molar-refractivity contribution is 0.414. The van der Waals surface area contributed by atoms with Gasteiger partial charge in [-0.05, 0) is 55.8 Å². The molecule has 3 rings (SSSR count). The van der Waals surface area contributed by atoms with Crippen LogP contribution >= 0.6 is 22.7 Å². The van der Waals surface area contributed by atoms with E-state index in [1.807, 2.05) is 34.8 Å². The summed E-state index contributed by atoms with van der Waals surface area (Å²) in [6.45, 7) is 4.33. The van der Waals surface area contributed by atoms with Gasteiger partial charge in [-0.25, -0.2) is 0 Å². The van der Waals surface area contributed by atoms with Gasteiger partial charge in [-0.1, -0.05) is 12.1 Å². The van der Waals surface area contributed by atoms with Crippen molar-refractivity contribution >= 4 is 22.7 Å². The van der Waals surface area contributed by atoms with Crippen LogP contribution in [-0.2, 0) is 0 Å². The van der Waals surface area contributed by atoms with Crippen LogP contribution in [0.25, 0.3) is 0 Å². The lowest BCUT2D eigenvalue weighted by Gasteiger charge is -2.15. The summed E-state index contributed by atoms with van der Waals surface area (Å²) in [6, 6.07) is 17.4. The van der Waals surface area contributed by atoms with E-state index in [0.29, 0.717) is 5.92 Å². The fraction of sp³-hybridized carbons (Fsp3) is 0.222. The summed E-state index contributed by atoms with van der Waals surface area (Å²) in [5, 5.41) is 0. The summed E-state index contributed by atoms with van der Waals surface area (Å²) in [6.07, 6.45) is 0. The molecular formula is C18H18OS2. The van der Waals surface area contributed by atoms with Crippen LogP contribution in [0.15, 0.2) is 48.5 Å². The Morgan fingerprint density at radius 2 is 1.29 bits per heavy atom. The first-order chi connectivity index (χ1) is 10.2. The number of ether oxygens (including phenoxy) is 1. The average molecular weight is 314 g/mol. The molecule has 0 saturated carbocycles. The van der Waals surface area contributed by atoms with Crippen LogP contribution in [0.1, 0.15) is 31.0 Å². The fourth-order valence-corrected chi connectivity index (χ4v) is 4.61. The van der Waals surface area contributed by atoms with Crippen molar-refractivity contribution in [2.45, 2.75) is 19.8 Å². The highest BCUT2D eigenvalue weighted by Gasteiger charge is 2.20. The summed E-state index contributed by atoms with van der Waals surface area (Å²) >= 11 is 3.76. The molecule has 2 heterocycles. The minimum Gasteiger partial charge on any atom is -0.497 e. The highest BCUT2D eigenvalue weighted by atomic mass is 32.1. The van der Waals surface area contributed by atoms with Gasteiger partial charge in [0, 0.05) is 19.5 Å². The SMILES string of the molecule is COc1ccc(C(c2ccc(C)s2)c2ccc(C)s2)cc1. The van der Waals surface area contributed by atoms with Crippen molar-refractivity contribution in [1.29, 1.82) is 0 Å². The van der Waals surface area contributed by atoms with Gasteiger partial charge in [0.25, 0.3) is 0 Å². The van der Waals surface area contributed by atoms with Gasteiger partial charge in [0.05, 0.1) is 13.0 Å². The molecule has 0 amide bonds. The number of aryl methyl sites for hydroxylation is 2. The summed E-state index contributed by atoms with van der Waals surface area (Å²) < 4.78 is 5.27. The van der Waals surface area contributed by atoms with Crippen molar-refractivity contribution in [3.8, 4) is 5.75 Å². The predicted octanol–water partition coefficient (Wildman–Crippen LogP) is 5.62. The Bertz CT molecular complexity index is 682. The van der Waals surface area contributed by atoms with Gasteiger partial charge >= 0.3 is 0 Å². The molecule has 0 saturated heterocycles. The Kier molecular flexibility index (Phi) is 4.13. The molecule has 0 N–H and O–H groups in total. The largest absolute Gasteiger partial charge is 0.497 e. The molecule has 0 spiro atoms. The maximum absolute atomic E-state index is 5.27. The molecule has 0 unspecified atom stereocenters. The van der Waals surface area contributed by atoms with Gasteiger partial charge in [-0.15, -0.1) is 22.7 Å². The lowest BCUT2D eigenvalue weighted by Crippen LogP contribution is -1.99. The molecule has 1 nitrogen and oxygen atoms in total. The van der Waals surface area contributed by atoms with Gasteiger partial charge in [-0.3, -0.25) is 0 Å². The quantitative estimate of drug-likeness (QED) is 0.607. The van der Waals surface area contributed by atoms with Crippen molar-refractivity contribution in [2.24, 2.45) is 0 Å². The van der Waals surface area contributed by atoms with Gasteiger partial charge in [0.15, 0.2) is 0 Å². The highest BCUT2D eigenvalue weighted by molar-refractivity contribution is 7.13. The van der Waals surface area contributed by atoms with E-state index < -0.39 is 0 Å². The van der Waals surface area contributed by atoms with Gasteiger partial charge in [-0.2, -0.15) is 0 Å². The van der Waals surface area contributed by atoms with Crippen LogP contribution in [0.3, 0.4) is 0 Å². The predicted molar refractivity (Wildman–Crippen MR) is 92.1 cm³/mol. The zero-order valence-corrected chi connectivity index (χ0v) is 14.1. The number of methoxy groups -OCH3 is 1. The Morgan fingerprint density at radius 3 is 1.67 bits per heavy atom. The second-order valence-electron chi connectivity index (χ2n) is 5.10. The molecule has 2 aromatic heterocycles. The first-order valence-electron chi connectivity index (χ1n) is 6.94. The Morgan fingerprint density at radius 1 is 0.762 bits per heavy atom. The number of rotatable bonds is 4. The van der Waals surface area contributed by atoms with Crippen molar-refractivity contribution in [3.05, 3.63) is 73.6 Å². The fourth-order valence-electron chi connectivity index (χ4n) is 2.48. The minimum absolute atomic E-state index is 0.327. The third-order valence-corrected chi connectivity index (χ3v) is 5.67. The Balaban J connectivity index is 2.06. The molecule has 0 bridgehead atoms. The van der Waals surface area contributed by atoms with Crippen LogP contribution in [0.2, 0.25) is 0 Å². The summed E-state index contributed by atoms with van der Waals surface area (Å²) in [5.41, 5.74) is 1.32. The zero-order valence-electron chi connectivity index (χ0n) is 12.4. The van der Waals surface area contributed by atoms with Gasteiger partial charge < -0.3 is 4.74 Å². The standard InChI is InChI=1S/C18H18OS2/c1-12-4-10-16(20-12)18(17-11-5-13(2)21-17)14-6-8-15(19-3)9-7-14/h4-11,18H,1-3H3. The smallest absolute Gasteiger partial charge is 0.118 e. The van der Waals surface area contributed by atoms with Gasteiger partial charge in [0.1, 0.15) is 5.75 Å². The number of thiophene rings is 2. The van der Waals surface area contributed by atoms with E-state index in [0.717, 1.165) is 5.75 Å². The maximum Gasteiger partial charge on any atom is 0.118 e. The van der Waals surface area contributed by atoms with Crippen molar-refractivity contribution in [3.63, 3.8) is 0 Å². The molecule has 0 aliphatic carbocycles. The Labute approximate surface area is 133 Å². The van der Waals surface area contributed by atoms with E-state index in [9.17, 15) is 0 Å². The third kappa shape index (κ3) is 3.04. The van der Waals surface area contributed by atoms with Crippen LogP contribution < -0.4 is 4.74 Å². The van der Waals surface area contributed by atoms with E-state index in [2.05, 4.69) is 50.2 Å². The normalized spacial score (nSPS) is 11.0. The van der Waals surface area contributed by atoms with Crippen LogP contribution in [0, 0.1) is 13.8 Å². The lowest BCUT2D eigenvalue weighted by atomic mass is 9.95. The minimum atomic E-state index is 0.327. The molecule has 3 aromatic rings.